The predicted molar refractivity (Wildman–Crippen MR) is 95.6 cm³/mol. The second-order valence-corrected chi connectivity index (χ2v) is 6.23. The second-order valence-electron chi connectivity index (χ2n) is 4.95. The van der Waals surface area contributed by atoms with Gasteiger partial charge in [-0.15, -0.1) is 0 Å². The molecule has 2 aromatic carbocycles. The van der Waals surface area contributed by atoms with Gasteiger partial charge in [-0.25, -0.2) is 0 Å². The van der Waals surface area contributed by atoms with Crippen LogP contribution in [0.25, 0.3) is 0 Å². The van der Waals surface area contributed by atoms with Crippen LogP contribution in [0, 0.1) is 6.92 Å². The quantitative estimate of drug-likeness (QED) is 0.760. The molecule has 0 amide bonds. The van der Waals surface area contributed by atoms with Crippen LogP contribution in [0.5, 0.6) is 0 Å². The number of nitrogens with two attached hydrogens (primary N) is 1. The maximum atomic E-state index is 6.25. The number of benzene rings is 2. The van der Waals surface area contributed by atoms with E-state index in [-0.39, 0.29) is 6.04 Å². The molecule has 5 heteroatoms. The van der Waals surface area contributed by atoms with Crippen LogP contribution in [0.2, 0.25) is 10.0 Å². The fraction of sp³-hybridized carbons (Fsp3) is 0.188. The Hall–Kier alpha value is -1.29. The fourth-order valence-corrected chi connectivity index (χ4v) is 2.91. The molecule has 2 aromatic rings. The van der Waals surface area contributed by atoms with Gasteiger partial charge in [-0.1, -0.05) is 47.6 Å². The first kappa shape index (κ1) is 16.1. The summed E-state index contributed by atoms with van der Waals surface area (Å²) in [7, 11) is 0. The van der Waals surface area contributed by atoms with E-state index >= 15 is 0 Å². The van der Waals surface area contributed by atoms with E-state index in [0.29, 0.717) is 15.0 Å². The number of hydrogen-bond acceptors (Lipinski definition) is 2. The van der Waals surface area contributed by atoms with Crippen molar-refractivity contribution in [2.45, 2.75) is 19.9 Å². The van der Waals surface area contributed by atoms with Crippen molar-refractivity contribution < 1.29 is 0 Å². The molecular weight excluding hydrogens is 323 g/mol. The summed E-state index contributed by atoms with van der Waals surface area (Å²) in [6.07, 6.45) is 0. The molecule has 110 valence electrons. The van der Waals surface area contributed by atoms with Crippen molar-refractivity contribution in [2.75, 3.05) is 5.32 Å². The van der Waals surface area contributed by atoms with E-state index in [1.165, 1.54) is 0 Å². The molecule has 0 heterocycles. The Morgan fingerprint density at radius 2 is 1.90 bits per heavy atom. The maximum Gasteiger partial charge on any atom is 0.106 e. The first-order chi connectivity index (χ1) is 9.88. The summed E-state index contributed by atoms with van der Waals surface area (Å²) >= 11 is 17.3. The Labute approximate surface area is 140 Å². The molecule has 2 nitrogen and oxygen atoms in total. The van der Waals surface area contributed by atoms with Gasteiger partial charge in [-0.3, -0.25) is 0 Å². The van der Waals surface area contributed by atoms with Crippen LogP contribution in [0.15, 0.2) is 36.4 Å². The highest BCUT2D eigenvalue weighted by Crippen LogP contribution is 2.29. The largest absolute Gasteiger partial charge is 0.389 e. The zero-order valence-corrected chi connectivity index (χ0v) is 14.1. The van der Waals surface area contributed by atoms with Gasteiger partial charge in [0.15, 0.2) is 0 Å². The molecule has 0 saturated carbocycles. The zero-order chi connectivity index (χ0) is 15.6. The summed E-state index contributed by atoms with van der Waals surface area (Å²) in [5, 5.41) is 4.67. The summed E-state index contributed by atoms with van der Waals surface area (Å²) in [6, 6.07) is 11.4. The molecule has 1 unspecified atom stereocenters. The van der Waals surface area contributed by atoms with Crippen molar-refractivity contribution in [3.8, 4) is 0 Å². The van der Waals surface area contributed by atoms with Gasteiger partial charge in [0.25, 0.3) is 0 Å². The lowest BCUT2D eigenvalue weighted by atomic mass is 10.1. The SMILES string of the molecule is Cc1ccc(C(N)=S)c(NC(C)c2ccc(Cl)cc2Cl)c1. The van der Waals surface area contributed by atoms with Crippen LogP contribution in [-0.2, 0) is 0 Å². The van der Waals surface area contributed by atoms with Gasteiger partial charge in [0.05, 0.1) is 6.04 Å². The van der Waals surface area contributed by atoms with E-state index in [0.717, 1.165) is 22.4 Å². The number of rotatable bonds is 4. The lowest BCUT2D eigenvalue weighted by molar-refractivity contribution is 0.884. The highest BCUT2D eigenvalue weighted by molar-refractivity contribution is 7.80. The fourth-order valence-electron chi connectivity index (χ4n) is 2.16. The van der Waals surface area contributed by atoms with Crippen LogP contribution in [0.3, 0.4) is 0 Å². The van der Waals surface area contributed by atoms with E-state index < -0.39 is 0 Å². The summed E-state index contributed by atoms with van der Waals surface area (Å²) in [5.41, 5.74) is 9.61. The maximum absolute atomic E-state index is 6.25. The highest BCUT2D eigenvalue weighted by atomic mass is 35.5. The molecule has 0 aliphatic carbocycles. The molecule has 0 fully saturated rings. The number of nitrogens with one attached hydrogen (secondary N) is 1. The lowest BCUT2D eigenvalue weighted by Crippen LogP contribution is -2.15. The summed E-state index contributed by atoms with van der Waals surface area (Å²) in [6.45, 7) is 4.05. The van der Waals surface area contributed by atoms with Crippen LogP contribution in [-0.4, -0.2) is 4.99 Å². The highest BCUT2D eigenvalue weighted by Gasteiger charge is 2.13. The first-order valence-corrected chi connectivity index (χ1v) is 7.67. The van der Waals surface area contributed by atoms with Crippen LogP contribution >= 0.6 is 35.4 Å². The zero-order valence-electron chi connectivity index (χ0n) is 11.8. The van der Waals surface area contributed by atoms with E-state index in [1.54, 1.807) is 6.07 Å². The summed E-state index contributed by atoms with van der Waals surface area (Å²) < 4.78 is 0. The van der Waals surface area contributed by atoms with E-state index in [2.05, 4.69) is 5.32 Å². The number of halogens is 2. The Bertz CT molecular complexity index is 686. The van der Waals surface area contributed by atoms with E-state index in [9.17, 15) is 0 Å². The third-order valence-electron chi connectivity index (χ3n) is 3.24. The molecular formula is C16H16Cl2N2S. The van der Waals surface area contributed by atoms with Gasteiger partial charge in [0.2, 0.25) is 0 Å². The van der Waals surface area contributed by atoms with Crippen molar-refractivity contribution in [1.82, 2.24) is 0 Å². The molecule has 0 spiro atoms. The Kier molecular flexibility index (Phi) is 5.09. The standard InChI is InChI=1S/C16H16Cl2N2S/c1-9-3-5-13(16(19)21)15(7-9)20-10(2)12-6-4-11(17)8-14(12)18/h3-8,10,20H,1-2H3,(H2,19,21). The monoisotopic (exact) mass is 338 g/mol. The third kappa shape index (κ3) is 3.88. The second kappa shape index (κ2) is 6.65. The Balaban J connectivity index is 2.33. The molecule has 0 radical (unpaired) electrons. The summed E-state index contributed by atoms with van der Waals surface area (Å²) in [5.74, 6) is 0. The van der Waals surface area contributed by atoms with Crippen LogP contribution in [0.4, 0.5) is 5.69 Å². The van der Waals surface area contributed by atoms with Gasteiger partial charge >= 0.3 is 0 Å². The lowest BCUT2D eigenvalue weighted by Gasteiger charge is -2.20. The minimum absolute atomic E-state index is 0.00432. The number of aryl methyl sites for hydroxylation is 1. The molecule has 2 rings (SSSR count). The van der Waals surface area contributed by atoms with Crippen molar-refractivity contribution >= 4 is 46.1 Å². The van der Waals surface area contributed by atoms with Crippen molar-refractivity contribution in [2.24, 2.45) is 5.73 Å². The molecule has 0 aromatic heterocycles. The topological polar surface area (TPSA) is 38.0 Å². The average molecular weight is 339 g/mol. The Morgan fingerprint density at radius 3 is 2.52 bits per heavy atom. The van der Waals surface area contributed by atoms with Crippen LogP contribution < -0.4 is 11.1 Å². The molecule has 0 aliphatic rings. The van der Waals surface area contributed by atoms with Gasteiger partial charge in [-0.05, 0) is 49.2 Å². The van der Waals surface area contributed by atoms with Gasteiger partial charge in [-0.2, -0.15) is 0 Å². The molecule has 0 aliphatic heterocycles. The Morgan fingerprint density at radius 1 is 1.19 bits per heavy atom. The molecule has 0 saturated heterocycles. The molecule has 1 atom stereocenters. The van der Waals surface area contributed by atoms with Gasteiger partial charge in [0.1, 0.15) is 4.99 Å². The van der Waals surface area contributed by atoms with Gasteiger partial charge < -0.3 is 11.1 Å². The van der Waals surface area contributed by atoms with Crippen LogP contribution in [0.1, 0.15) is 29.7 Å². The molecule has 3 N–H and O–H groups in total. The number of thiocarbonyl (C=S) groups is 1. The average Bonchev–Trinajstić information content (AvgIpc) is 2.37. The van der Waals surface area contributed by atoms with Crippen molar-refractivity contribution in [3.63, 3.8) is 0 Å². The van der Waals surface area contributed by atoms with E-state index in [4.69, 9.17) is 41.2 Å². The normalized spacial score (nSPS) is 12.0. The van der Waals surface area contributed by atoms with Gasteiger partial charge in [0, 0.05) is 21.3 Å². The van der Waals surface area contributed by atoms with E-state index in [1.807, 2.05) is 44.2 Å². The summed E-state index contributed by atoms with van der Waals surface area (Å²) in [4.78, 5) is 0.368. The predicted octanol–water partition coefficient (Wildman–Crippen LogP) is 5.11. The molecule has 21 heavy (non-hydrogen) atoms. The minimum atomic E-state index is 0.00432. The third-order valence-corrected chi connectivity index (χ3v) is 4.02. The van der Waals surface area contributed by atoms with Crippen molar-refractivity contribution in [1.29, 1.82) is 0 Å². The minimum Gasteiger partial charge on any atom is -0.389 e. The number of hydrogen-bond donors (Lipinski definition) is 2. The van der Waals surface area contributed by atoms with Crippen molar-refractivity contribution in [3.05, 3.63) is 63.1 Å². The number of anilines is 1. The smallest absolute Gasteiger partial charge is 0.106 e. The molecule has 0 bridgehead atoms. The first-order valence-electron chi connectivity index (χ1n) is 6.50.